The van der Waals surface area contributed by atoms with E-state index in [1.54, 1.807) is 0 Å². The summed E-state index contributed by atoms with van der Waals surface area (Å²) in [5.41, 5.74) is 2.86. The lowest BCUT2D eigenvalue weighted by atomic mass is 10.1. The molecule has 1 fully saturated rings. The molecule has 4 rings (SSSR count). The van der Waals surface area contributed by atoms with Crippen LogP contribution in [0.25, 0.3) is 22.2 Å². The number of nitrogens with zero attached hydrogens (tertiary/aromatic N) is 3. The van der Waals surface area contributed by atoms with E-state index in [0.29, 0.717) is 11.4 Å². The summed E-state index contributed by atoms with van der Waals surface area (Å²) in [6, 6.07) is 15.6. The second kappa shape index (κ2) is 8.36. The summed E-state index contributed by atoms with van der Waals surface area (Å²) >= 11 is 6.29. The highest BCUT2D eigenvalue weighted by molar-refractivity contribution is 6.31. The van der Waals surface area contributed by atoms with Crippen LogP contribution in [0.5, 0.6) is 0 Å². The van der Waals surface area contributed by atoms with Crippen molar-refractivity contribution >= 4 is 28.4 Å². The van der Waals surface area contributed by atoms with Crippen molar-refractivity contribution in [3.8, 4) is 11.3 Å². The Kier molecular flexibility index (Phi) is 5.67. The monoisotopic (exact) mass is 395 g/mol. The lowest BCUT2D eigenvalue weighted by molar-refractivity contribution is -0.135. The van der Waals surface area contributed by atoms with E-state index in [0.717, 1.165) is 48.1 Å². The van der Waals surface area contributed by atoms with Gasteiger partial charge in [-0.3, -0.25) is 9.48 Å². The average Bonchev–Trinajstić information content (AvgIpc) is 2.90. The van der Waals surface area contributed by atoms with Gasteiger partial charge in [0.15, 0.2) is 0 Å². The van der Waals surface area contributed by atoms with E-state index in [9.17, 15) is 4.79 Å². The number of halogens is 1. The molecular weight excluding hydrogens is 370 g/mol. The van der Waals surface area contributed by atoms with Gasteiger partial charge in [-0.05, 0) is 37.5 Å². The quantitative estimate of drug-likeness (QED) is 0.567. The minimum atomic E-state index is -0.292. The zero-order valence-corrected chi connectivity index (χ0v) is 17.0. The molecule has 28 heavy (non-hydrogen) atoms. The molecule has 0 aliphatic carbocycles. The molecule has 1 aromatic heterocycles. The van der Waals surface area contributed by atoms with Crippen LogP contribution < -0.4 is 0 Å². The van der Waals surface area contributed by atoms with E-state index < -0.39 is 0 Å². The van der Waals surface area contributed by atoms with Gasteiger partial charge in [-0.25, -0.2) is 0 Å². The van der Waals surface area contributed by atoms with E-state index in [2.05, 4.69) is 6.92 Å². The van der Waals surface area contributed by atoms with Crippen molar-refractivity contribution in [1.82, 2.24) is 14.7 Å². The van der Waals surface area contributed by atoms with E-state index in [1.165, 1.54) is 12.8 Å². The summed E-state index contributed by atoms with van der Waals surface area (Å²) in [5, 5.41) is 6.59. The van der Waals surface area contributed by atoms with Gasteiger partial charge in [-0.1, -0.05) is 61.7 Å². The molecule has 0 saturated carbocycles. The van der Waals surface area contributed by atoms with Crippen LogP contribution in [-0.4, -0.2) is 33.7 Å². The molecule has 5 heteroatoms. The van der Waals surface area contributed by atoms with Gasteiger partial charge >= 0.3 is 0 Å². The Morgan fingerprint density at radius 2 is 1.79 bits per heavy atom. The minimum absolute atomic E-state index is 0.184. The molecule has 2 aromatic carbocycles. The predicted octanol–water partition coefficient (Wildman–Crippen LogP) is 5.71. The first-order chi connectivity index (χ1) is 13.7. The number of carbonyl (C=O) groups excluding carboxylic acids is 1. The van der Waals surface area contributed by atoms with Crippen molar-refractivity contribution in [3.63, 3.8) is 0 Å². The molecule has 1 atom stereocenters. The van der Waals surface area contributed by atoms with Gasteiger partial charge in [-0.2, -0.15) is 5.10 Å². The summed E-state index contributed by atoms with van der Waals surface area (Å²) in [6.07, 6.45) is 5.31. The first kappa shape index (κ1) is 19.0. The molecule has 0 bridgehead atoms. The molecule has 0 N–H and O–H groups in total. The number of benzene rings is 2. The number of likely N-dealkylation sites (tertiary alicyclic amines) is 1. The number of hydrogen-bond donors (Lipinski definition) is 0. The lowest BCUT2D eigenvalue weighted by Crippen LogP contribution is -2.38. The maximum Gasteiger partial charge on any atom is 0.247 e. The van der Waals surface area contributed by atoms with Crippen LogP contribution >= 0.6 is 11.6 Å². The fourth-order valence-corrected chi connectivity index (χ4v) is 4.29. The normalized spacial score (nSPS) is 16.1. The number of hydrogen-bond acceptors (Lipinski definition) is 2. The van der Waals surface area contributed by atoms with Crippen molar-refractivity contribution in [2.45, 2.75) is 45.1 Å². The summed E-state index contributed by atoms with van der Waals surface area (Å²) in [7, 11) is 0. The Morgan fingerprint density at radius 1 is 1.07 bits per heavy atom. The number of carbonyl (C=O) groups is 1. The molecule has 1 aliphatic rings. The highest BCUT2D eigenvalue weighted by Gasteiger charge is 2.28. The molecule has 146 valence electrons. The molecule has 1 saturated heterocycles. The smallest absolute Gasteiger partial charge is 0.247 e. The molecule has 4 nitrogen and oxygen atoms in total. The van der Waals surface area contributed by atoms with Gasteiger partial charge in [0.05, 0.1) is 5.52 Å². The van der Waals surface area contributed by atoms with Crippen LogP contribution in [-0.2, 0) is 4.79 Å². The number of fused-ring (bicyclic) bond motifs is 1. The lowest BCUT2D eigenvalue weighted by Gasteiger charge is -2.26. The van der Waals surface area contributed by atoms with Crippen LogP contribution in [0, 0.1) is 0 Å². The maximum absolute atomic E-state index is 13.4. The summed E-state index contributed by atoms with van der Waals surface area (Å²) in [5.74, 6) is 0.184. The Hall–Kier alpha value is -2.33. The van der Waals surface area contributed by atoms with E-state index in [4.69, 9.17) is 16.7 Å². The SMILES string of the molecule is CC[C@@H](C(=O)N1CCCCCC1)n1nc(-c2ccccc2)c2cc(Cl)ccc21. The molecule has 1 amide bonds. The van der Waals surface area contributed by atoms with Crippen LogP contribution in [0.4, 0.5) is 0 Å². The fraction of sp³-hybridized carbons (Fsp3) is 0.391. The number of rotatable bonds is 4. The highest BCUT2D eigenvalue weighted by Crippen LogP contribution is 2.33. The van der Waals surface area contributed by atoms with Crippen LogP contribution in [0.2, 0.25) is 5.02 Å². The van der Waals surface area contributed by atoms with Crippen molar-refractivity contribution in [3.05, 3.63) is 53.6 Å². The Labute approximate surface area is 171 Å². The van der Waals surface area contributed by atoms with Gasteiger partial charge in [0.2, 0.25) is 5.91 Å². The molecule has 2 heterocycles. The fourth-order valence-electron chi connectivity index (χ4n) is 4.11. The number of amides is 1. The van der Waals surface area contributed by atoms with Crippen molar-refractivity contribution < 1.29 is 4.79 Å². The minimum Gasteiger partial charge on any atom is -0.341 e. The Bertz CT molecular complexity index is 959. The van der Waals surface area contributed by atoms with Crippen molar-refractivity contribution in [2.24, 2.45) is 0 Å². The van der Waals surface area contributed by atoms with Gasteiger partial charge < -0.3 is 4.90 Å². The third-order valence-electron chi connectivity index (χ3n) is 5.60. The molecule has 1 aliphatic heterocycles. The van der Waals surface area contributed by atoms with Gasteiger partial charge in [0.1, 0.15) is 11.7 Å². The maximum atomic E-state index is 13.4. The Balaban J connectivity index is 1.79. The third kappa shape index (κ3) is 3.66. The predicted molar refractivity (Wildman–Crippen MR) is 115 cm³/mol. The van der Waals surface area contributed by atoms with E-state index in [1.807, 2.05) is 58.1 Å². The molecule has 0 radical (unpaired) electrons. The summed E-state index contributed by atoms with van der Waals surface area (Å²) in [4.78, 5) is 15.4. The van der Waals surface area contributed by atoms with E-state index >= 15 is 0 Å². The van der Waals surface area contributed by atoms with Crippen molar-refractivity contribution in [1.29, 1.82) is 0 Å². The average molecular weight is 396 g/mol. The van der Waals surface area contributed by atoms with E-state index in [-0.39, 0.29) is 11.9 Å². The number of aromatic nitrogens is 2. The third-order valence-corrected chi connectivity index (χ3v) is 5.84. The molecular formula is C23H26ClN3O. The summed E-state index contributed by atoms with van der Waals surface area (Å²) in [6.45, 7) is 3.77. The van der Waals surface area contributed by atoms with Crippen LogP contribution in [0.3, 0.4) is 0 Å². The largest absolute Gasteiger partial charge is 0.341 e. The van der Waals surface area contributed by atoms with Gasteiger partial charge in [-0.15, -0.1) is 0 Å². The Morgan fingerprint density at radius 3 is 2.46 bits per heavy atom. The first-order valence-electron chi connectivity index (χ1n) is 10.2. The molecule has 0 unspecified atom stereocenters. The molecule has 3 aromatic rings. The van der Waals surface area contributed by atoms with Crippen LogP contribution in [0.15, 0.2) is 48.5 Å². The van der Waals surface area contributed by atoms with Crippen LogP contribution in [0.1, 0.15) is 45.1 Å². The zero-order valence-electron chi connectivity index (χ0n) is 16.3. The van der Waals surface area contributed by atoms with Crippen molar-refractivity contribution in [2.75, 3.05) is 13.1 Å². The van der Waals surface area contributed by atoms with Gasteiger partial charge in [0, 0.05) is 29.1 Å². The standard InChI is InChI=1S/C23H26ClN3O/c1-2-20(23(28)26-14-8-3-4-9-15-26)27-21-13-12-18(24)16-19(21)22(25-27)17-10-6-5-7-11-17/h5-7,10-13,16,20H,2-4,8-9,14-15H2,1H3/t20-/m0/s1. The van der Waals surface area contributed by atoms with Gasteiger partial charge in [0.25, 0.3) is 0 Å². The topological polar surface area (TPSA) is 38.1 Å². The second-order valence-corrected chi connectivity index (χ2v) is 7.92. The summed E-state index contributed by atoms with van der Waals surface area (Å²) < 4.78 is 1.92. The second-order valence-electron chi connectivity index (χ2n) is 7.48. The molecule has 0 spiro atoms. The zero-order chi connectivity index (χ0) is 19.5. The highest BCUT2D eigenvalue weighted by atomic mass is 35.5. The first-order valence-corrected chi connectivity index (χ1v) is 10.6.